The second-order valence-electron chi connectivity index (χ2n) is 37.8. The number of rotatable bonds is 44. The normalized spacial score (nSPS) is 15.7. The minimum Gasteiger partial charge on any atom is -0.466 e. The van der Waals surface area contributed by atoms with Gasteiger partial charge >= 0.3 is 5.97 Å². The summed E-state index contributed by atoms with van der Waals surface area (Å²) in [6, 6.07) is 87.1. The van der Waals surface area contributed by atoms with Crippen molar-refractivity contribution < 1.29 is 57.4 Å². The maximum atomic E-state index is 12.2. The third kappa shape index (κ3) is 59.2. The molecule has 9 amide bonds. The van der Waals surface area contributed by atoms with E-state index in [1.165, 1.54) is 68.6 Å². The van der Waals surface area contributed by atoms with Crippen molar-refractivity contribution in [1.82, 2.24) is 67.5 Å². The van der Waals surface area contributed by atoms with Gasteiger partial charge in [-0.05, 0) is 241 Å². The van der Waals surface area contributed by atoms with Crippen LogP contribution in [0.3, 0.4) is 0 Å². The van der Waals surface area contributed by atoms with Gasteiger partial charge in [0, 0.05) is 164 Å². The molecule has 33 heteroatoms. The number of pyridine rings is 1. The molecule has 0 bridgehead atoms. The van der Waals surface area contributed by atoms with Gasteiger partial charge in [0.25, 0.3) is 0 Å². The molecule has 0 radical (unpaired) electrons. The molecule has 149 heavy (non-hydrogen) atoms. The number of nitrogens with one attached hydrogen (secondary N) is 9. The highest BCUT2D eigenvalue weighted by Gasteiger charge is 2.38. The lowest BCUT2D eigenvalue weighted by molar-refractivity contribution is -0.143. The zero-order valence-electron chi connectivity index (χ0n) is 87.8. The third-order valence-electron chi connectivity index (χ3n) is 23.9. The van der Waals surface area contributed by atoms with Crippen molar-refractivity contribution in [2.75, 3.05) is 138 Å². The van der Waals surface area contributed by atoms with Crippen molar-refractivity contribution in [3.63, 3.8) is 0 Å². The van der Waals surface area contributed by atoms with Crippen molar-refractivity contribution in [3.05, 3.63) is 273 Å². The Kier molecular flexibility index (Phi) is 62.7. The van der Waals surface area contributed by atoms with E-state index in [0.29, 0.717) is 96.8 Å². The monoisotopic (exact) mass is 2180 g/mol. The van der Waals surface area contributed by atoms with Crippen molar-refractivity contribution in [2.24, 2.45) is 0 Å². The standard InChI is InChI=1S/C17H26N2OS.C15H20N2O2S.C15H22N2OS.C15H16N2OS.C14H20N2O2S.C14H19NO3S.C14H19NOS.C12H15NOS/c1-16(2)10-13(11-17(3,4)19-16)18-15(20)12-21-14-8-6-5-7-9-14;18-14(12-20-13-6-2-1-3-7-13)16-9-5-11-17-10-4-8-15(17)19;1-17-11-5-6-13(17)9-10-16-15(18)12-19-14-7-3-2-4-8-14;18-15(12-19-14-7-2-1-3-8-14)17-11-9-13-6-4-5-10-16-13;17-14(12-19-13-4-2-1-3-5-13)15-6-7-16-8-10-18-11-9-16;1-3-18-14(17)9-11(2)15-13(16)10-19-12-7-5-4-6-8-12;16-14(15-12-7-3-1-4-8-12)11-17-13-9-5-2-6-10-13;14-12(13-10-5-4-6-10)9-15-11-7-2-1-3-8-11/h5-9,13,19H,10-12H2,1-4H3,(H,18,20);1-3,6-7H,4-5,8-12H2,(H,16,18);2-4,7-8,13H,5-6,9-12H2,1H3,(H,16,18);1-8,10H,9,11-12H2,(H,17,18);1-5H,6-12H2,(H,15,17);4-8,11H,3,9-10H2,1-2H3,(H,15,16);2,5-6,9-10,12H,1,3-4,7-8,11H2,(H,15,16);1-3,7-8,10H,4-6,9H2,(H,13,14). The Labute approximate surface area is 919 Å². The molecule has 9 aromatic rings. The van der Waals surface area contributed by atoms with E-state index in [1.54, 1.807) is 90.6 Å². The molecular formula is C116H157N13O12S8. The number of hydrogen-bond donors (Lipinski definition) is 9. The van der Waals surface area contributed by atoms with E-state index in [-0.39, 0.29) is 88.7 Å². The van der Waals surface area contributed by atoms with E-state index in [9.17, 15) is 47.9 Å². The van der Waals surface area contributed by atoms with Gasteiger partial charge in [-0.3, -0.25) is 57.8 Å². The Hall–Kier alpha value is -9.75. The summed E-state index contributed by atoms with van der Waals surface area (Å²) in [5.74, 6) is 4.44. The van der Waals surface area contributed by atoms with Crippen LogP contribution < -0.4 is 47.9 Å². The molecule has 1 aromatic heterocycles. The van der Waals surface area contributed by atoms with Crippen LogP contribution in [0.15, 0.2) is 306 Å². The summed E-state index contributed by atoms with van der Waals surface area (Å²) in [5.41, 5.74) is 1.12. The number of likely N-dealkylation sites (tertiary alicyclic amines) is 2. The van der Waals surface area contributed by atoms with Crippen molar-refractivity contribution in [3.8, 4) is 0 Å². The van der Waals surface area contributed by atoms with Gasteiger partial charge in [-0.1, -0.05) is 171 Å². The summed E-state index contributed by atoms with van der Waals surface area (Å²) < 4.78 is 10.1. The summed E-state index contributed by atoms with van der Waals surface area (Å²) in [6.07, 6.45) is 20.5. The van der Waals surface area contributed by atoms with E-state index in [0.717, 1.165) is 162 Å². The highest BCUT2D eigenvalue weighted by molar-refractivity contribution is 8.01. The lowest BCUT2D eigenvalue weighted by Crippen LogP contribution is -2.62. The van der Waals surface area contributed by atoms with Crippen LogP contribution >= 0.6 is 94.1 Å². The summed E-state index contributed by atoms with van der Waals surface area (Å²) >= 11 is 12.5. The van der Waals surface area contributed by atoms with Gasteiger partial charge in [0.05, 0.1) is 72.3 Å². The van der Waals surface area contributed by atoms with Gasteiger partial charge in [0.15, 0.2) is 0 Å². The Bertz CT molecular complexity index is 5210. The number of carbonyl (C=O) groups excluding carboxylic acids is 10. The van der Waals surface area contributed by atoms with Crippen LogP contribution in [0.5, 0.6) is 0 Å². The number of thioether (sulfide) groups is 8. The molecule has 4 aliphatic heterocycles. The first-order valence-electron chi connectivity index (χ1n) is 52.1. The first-order chi connectivity index (χ1) is 72.3. The maximum absolute atomic E-state index is 12.2. The number of nitrogens with zero attached hydrogens (tertiary/aromatic N) is 4. The molecule has 9 N–H and O–H groups in total. The number of amides is 9. The topological polar surface area (TPSA) is 320 Å². The predicted molar refractivity (Wildman–Crippen MR) is 617 cm³/mol. The Morgan fingerprint density at radius 2 is 0.765 bits per heavy atom. The lowest BCUT2D eigenvalue weighted by Gasteiger charge is -2.46. The minimum absolute atomic E-state index is 0.0478. The van der Waals surface area contributed by atoms with Gasteiger partial charge in [-0.2, -0.15) is 0 Å². The predicted octanol–water partition coefficient (Wildman–Crippen LogP) is 19.2. The van der Waals surface area contributed by atoms with E-state index >= 15 is 0 Å². The van der Waals surface area contributed by atoms with Gasteiger partial charge in [-0.15, -0.1) is 94.1 Å². The summed E-state index contributed by atoms with van der Waals surface area (Å²) in [4.78, 5) is 136. The fraction of sp³-hybridized carbons (Fsp3) is 0.457. The largest absolute Gasteiger partial charge is 0.466 e. The molecule has 2 unspecified atom stereocenters. The number of carbonyl (C=O) groups is 10. The van der Waals surface area contributed by atoms with Crippen LogP contribution in [-0.4, -0.2) is 258 Å². The highest BCUT2D eigenvalue weighted by Crippen LogP contribution is 2.31. The Morgan fingerprint density at radius 3 is 1.12 bits per heavy atom. The molecule has 0 spiro atoms. The van der Waals surface area contributed by atoms with Crippen LogP contribution in [0.4, 0.5) is 0 Å². The average Bonchev–Trinajstić information content (AvgIpc) is 1.07. The van der Waals surface area contributed by atoms with E-state index in [2.05, 4.69) is 97.4 Å². The second-order valence-corrected chi connectivity index (χ2v) is 46.2. The fourth-order valence-corrected chi connectivity index (χ4v) is 22.5. The first-order valence-corrected chi connectivity index (χ1v) is 59.9. The number of aromatic nitrogens is 1. The van der Waals surface area contributed by atoms with Crippen molar-refractivity contribution >= 4 is 153 Å². The van der Waals surface area contributed by atoms with Crippen molar-refractivity contribution in [2.45, 2.75) is 238 Å². The van der Waals surface area contributed by atoms with Crippen LogP contribution in [0.1, 0.15) is 156 Å². The van der Waals surface area contributed by atoms with E-state index in [4.69, 9.17) is 9.47 Å². The molecule has 2 saturated carbocycles. The third-order valence-corrected chi connectivity index (χ3v) is 32.0. The van der Waals surface area contributed by atoms with Crippen LogP contribution in [0, 0.1) is 0 Å². The zero-order chi connectivity index (χ0) is 106. The van der Waals surface area contributed by atoms with Gasteiger partial charge < -0.3 is 67.1 Å². The number of benzene rings is 8. The fourth-order valence-electron chi connectivity index (χ4n) is 16.6. The molecule has 6 aliphatic rings. The van der Waals surface area contributed by atoms with Crippen LogP contribution in [0.2, 0.25) is 0 Å². The average molecular weight is 2180 g/mol. The molecule has 25 nitrogen and oxygen atoms in total. The number of morpholine rings is 1. The quantitative estimate of drug-likeness (QED) is 0.00973. The molecule has 6 fully saturated rings. The van der Waals surface area contributed by atoms with Crippen molar-refractivity contribution in [1.29, 1.82) is 0 Å². The smallest absolute Gasteiger partial charge is 0.307 e. The van der Waals surface area contributed by atoms with Gasteiger partial charge in [-0.25, -0.2) is 0 Å². The summed E-state index contributed by atoms with van der Waals surface area (Å²) in [7, 11) is 2.17. The number of ether oxygens (including phenoxy) is 2. The number of hydrogen-bond acceptors (Lipinski definition) is 24. The Balaban J connectivity index is 0.000000208. The number of piperidine rings is 1. The highest BCUT2D eigenvalue weighted by atomic mass is 32.2. The number of esters is 1. The molecular weight excluding hydrogens is 2020 g/mol. The van der Waals surface area contributed by atoms with E-state index in [1.807, 2.05) is 266 Å². The first kappa shape index (κ1) is 124. The molecule has 806 valence electrons. The molecule has 4 saturated heterocycles. The molecule has 15 rings (SSSR count). The summed E-state index contributed by atoms with van der Waals surface area (Å²) in [6.45, 7) is 22.8. The molecule has 2 atom stereocenters. The minimum atomic E-state index is -0.286. The SMILES string of the molecule is CC1(C)CC(NC(=O)CSc2ccccc2)CC(C)(C)N1.CCOC(=O)CC(C)NC(=O)CSc1ccccc1.CN1CCCC1CCNC(=O)CSc1ccccc1.O=C(CSc1ccccc1)NC1CCC1.O=C(CSc1ccccc1)NC1CCCCC1.O=C(CSc1ccccc1)NCCCN1CCCC1=O.O=C(CSc1ccccc1)NCCN1CCOCC1.O=C(CSc1ccccc1)NCCc1ccccn1. The molecule has 5 heterocycles. The second kappa shape index (κ2) is 75.1. The lowest BCUT2D eigenvalue weighted by atomic mass is 9.79. The summed E-state index contributed by atoms with van der Waals surface area (Å²) in [5, 5.41) is 27.5. The maximum Gasteiger partial charge on any atom is 0.307 e. The van der Waals surface area contributed by atoms with E-state index < -0.39 is 0 Å². The molecule has 8 aromatic carbocycles. The van der Waals surface area contributed by atoms with Crippen LogP contribution in [0.25, 0.3) is 0 Å². The Morgan fingerprint density at radius 1 is 0.403 bits per heavy atom. The van der Waals surface area contributed by atoms with Gasteiger partial charge in [0.1, 0.15) is 0 Å². The zero-order valence-corrected chi connectivity index (χ0v) is 94.4. The molecule has 2 aliphatic carbocycles. The van der Waals surface area contributed by atoms with Crippen LogP contribution in [-0.2, 0) is 63.8 Å². The van der Waals surface area contributed by atoms with Gasteiger partial charge in [0.2, 0.25) is 53.2 Å².